The van der Waals surface area contributed by atoms with Crippen molar-refractivity contribution in [3.8, 4) is 0 Å². The molecule has 5 nitrogen and oxygen atoms in total. The fourth-order valence-corrected chi connectivity index (χ4v) is 2.61. The van der Waals surface area contributed by atoms with Crippen molar-refractivity contribution in [2.75, 3.05) is 32.8 Å². The number of rotatable bonds is 6. The van der Waals surface area contributed by atoms with Crippen molar-refractivity contribution in [3.63, 3.8) is 0 Å². The topological polar surface area (TPSA) is 64.6 Å². The average molecular weight is 277 g/mol. The number of nitrogens with one attached hydrogen (secondary N) is 2. The molecular formula is C15H23N3O2. The van der Waals surface area contributed by atoms with Gasteiger partial charge in [0.05, 0.1) is 12.6 Å². The summed E-state index contributed by atoms with van der Waals surface area (Å²) in [4.78, 5) is 14.0. The molecule has 1 heterocycles. The third kappa shape index (κ3) is 4.21. The molecule has 1 unspecified atom stereocenters. The van der Waals surface area contributed by atoms with E-state index in [1.807, 2.05) is 18.2 Å². The highest BCUT2D eigenvalue weighted by Gasteiger charge is 2.23. The lowest BCUT2D eigenvalue weighted by atomic mass is 10.1. The van der Waals surface area contributed by atoms with E-state index in [4.69, 9.17) is 5.11 Å². The van der Waals surface area contributed by atoms with Crippen LogP contribution in [0, 0.1) is 0 Å². The van der Waals surface area contributed by atoms with Crippen molar-refractivity contribution in [1.82, 2.24) is 15.5 Å². The van der Waals surface area contributed by atoms with Gasteiger partial charge in [0.2, 0.25) is 0 Å². The quantitative estimate of drug-likeness (QED) is 0.730. The Morgan fingerprint density at radius 2 is 1.90 bits per heavy atom. The molecule has 1 fully saturated rings. The second-order valence-corrected chi connectivity index (χ2v) is 5.03. The molecular weight excluding hydrogens is 254 g/mol. The lowest BCUT2D eigenvalue weighted by Gasteiger charge is -2.28. The van der Waals surface area contributed by atoms with Gasteiger partial charge in [-0.25, -0.2) is 4.79 Å². The number of amides is 2. The number of benzene rings is 1. The summed E-state index contributed by atoms with van der Waals surface area (Å²) in [5.74, 6) is 0. The summed E-state index contributed by atoms with van der Waals surface area (Å²) in [6.07, 6.45) is 2.44. The molecule has 110 valence electrons. The van der Waals surface area contributed by atoms with Crippen LogP contribution in [0.4, 0.5) is 4.79 Å². The molecule has 1 aliphatic heterocycles. The fraction of sp³-hybridized carbons (Fsp3) is 0.533. The molecule has 0 saturated carbocycles. The minimum Gasteiger partial charge on any atom is -0.395 e. The van der Waals surface area contributed by atoms with E-state index in [9.17, 15) is 4.79 Å². The number of hydrogen-bond donors (Lipinski definition) is 3. The van der Waals surface area contributed by atoms with Crippen LogP contribution in [0.5, 0.6) is 0 Å². The monoisotopic (exact) mass is 277 g/mol. The summed E-state index contributed by atoms with van der Waals surface area (Å²) in [6.45, 7) is 2.99. The Kier molecular flexibility index (Phi) is 5.83. The first-order chi connectivity index (χ1) is 9.81. The molecule has 0 bridgehead atoms. The largest absolute Gasteiger partial charge is 0.395 e. The zero-order chi connectivity index (χ0) is 14.2. The molecule has 0 spiro atoms. The molecule has 1 aromatic carbocycles. The third-order valence-electron chi connectivity index (χ3n) is 3.62. The number of aliphatic hydroxyl groups excluding tert-OH is 1. The van der Waals surface area contributed by atoms with Crippen molar-refractivity contribution in [3.05, 3.63) is 35.9 Å². The van der Waals surface area contributed by atoms with Gasteiger partial charge in [-0.05, 0) is 31.5 Å². The molecule has 1 aliphatic rings. The highest BCUT2D eigenvalue weighted by atomic mass is 16.3. The van der Waals surface area contributed by atoms with E-state index in [-0.39, 0.29) is 25.2 Å². The molecule has 0 radical (unpaired) electrons. The van der Waals surface area contributed by atoms with Crippen LogP contribution >= 0.6 is 0 Å². The SMILES string of the molecule is O=C(NCCO)NCC(c1ccccc1)N1CCCC1. The Hall–Kier alpha value is -1.59. The second-order valence-electron chi connectivity index (χ2n) is 5.03. The van der Waals surface area contributed by atoms with E-state index in [2.05, 4.69) is 27.7 Å². The maximum Gasteiger partial charge on any atom is 0.314 e. The number of aliphatic hydroxyl groups is 1. The summed E-state index contributed by atoms with van der Waals surface area (Å²) in [5.41, 5.74) is 1.23. The van der Waals surface area contributed by atoms with E-state index in [0.717, 1.165) is 13.1 Å². The molecule has 1 saturated heterocycles. The molecule has 1 aromatic rings. The maximum atomic E-state index is 11.6. The first kappa shape index (κ1) is 14.8. The average Bonchev–Trinajstić information content (AvgIpc) is 3.00. The highest BCUT2D eigenvalue weighted by Crippen LogP contribution is 2.24. The van der Waals surface area contributed by atoms with Gasteiger partial charge in [0, 0.05) is 13.1 Å². The predicted molar refractivity (Wildman–Crippen MR) is 78.5 cm³/mol. The molecule has 5 heteroatoms. The van der Waals surface area contributed by atoms with Gasteiger partial charge in [-0.15, -0.1) is 0 Å². The molecule has 2 rings (SSSR count). The number of hydrogen-bond acceptors (Lipinski definition) is 3. The lowest BCUT2D eigenvalue weighted by molar-refractivity contribution is 0.217. The summed E-state index contributed by atoms with van der Waals surface area (Å²) in [5, 5.41) is 14.2. The number of carbonyl (C=O) groups is 1. The summed E-state index contributed by atoms with van der Waals surface area (Å²) >= 11 is 0. The van der Waals surface area contributed by atoms with Gasteiger partial charge in [-0.3, -0.25) is 4.90 Å². The number of nitrogens with zero attached hydrogens (tertiary/aromatic N) is 1. The van der Waals surface area contributed by atoms with Crippen LogP contribution in [-0.4, -0.2) is 48.8 Å². The predicted octanol–water partition coefficient (Wildman–Crippen LogP) is 1.11. The van der Waals surface area contributed by atoms with Crippen molar-refractivity contribution < 1.29 is 9.90 Å². The van der Waals surface area contributed by atoms with Crippen molar-refractivity contribution in [2.24, 2.45) is 0 Å². The zero-order valence-corrected chi connectivity index (χ0v) is 11.7. The smallest absolute Gasteiger partial charge is 0.314 e. The molecule has 20 heavy (non-hydrogen) atoms. The summed E-state index contributed by atoms with van der Waals surface area (Å²) in [7, 11) is 0. The van der Waals surface area contributed by atoms with Crippen LogP contribution in [0.15, 0.2) is 30.3 Å². The molecule has 0 aliphatic carbocycles. The van der Waals surface area contributed by atoms with Crippen LogP contribution in [0.2, 0.25) is 0 Å². The summed E-state index contributed by atoms with van der Waals surface area (Å²) in [6, 6.07) is 10.3. The normalized spacial score (nSPS) is 16.9. The van der Waals surface area contributed by atoms with Crippen molar-refractivity contribution in [2.45, 2.75) is 18.9 Å². The van der Waals surface area contributed by atoms with Gasteiger partial charge in [-0.1, -0.05) is 30.3 Å². The second kappa shape index (κ2) is 7.87. The van der Waals surface area contributed by atoms with Crippen molar-refractivity contribution >= 4 is 6.03 Å². The van der Waals surface area contributed by atoms with Gasteiger partial charge in [0.15, 0.2) is 0 Å². The standard InChI is InChI=1S/C15H23N3O2/c19-11-8-16-15(20)17-12-14(18-9-4-5-10-18)13-6-2-1-3-7-13/h1-3,6-7,14,19H,4-5,8-12H2,(H2,16,17,20). The Balaban J connectivity index is 1.95. The number of carbonyl (C=O) groups excluding carboxylic acids is 1. The minimum atomic E-state index is -0.223. The number of likely N-dealkylation sites (tertiary alicyclic amines) is 1. The maximum absolute atomic E-state index is 11.6. The van der Waals surface area contributed by atoms with Crippen LogP contribution in [0.3, 0.4) is 0 Å². The van der Waals surface area contributed by atoms with Crippen LogP contribution < -0.4 is 10.6 Å². The van der Waals surface area contributed by atoms with E-state index < -0.39 is 0 Å². The van der Waals surface area contributed by atoms with Crippen LogP contribution in [0.1, 0.15) is 24.4 Å². The van der Waals surface area contributed by atoms with Gasteiger partial charge >= 0.3 is 6.03 Å². The van der Waals surface area contributed by atoms with Gasteiger partial charge < -0.3 is 15.7 Å². The van der Waals surface area contributed by atoms with Crippen LogP contribution in [0.25, 0.3) is 0 Å². The molecule has 3 N–H and O–H groups in total. The summed E-state index contributed by atoms with van der Waals surface area (Å²) < 4.78 is 0. The fourth-order valence-electron chi connectivity index (χ4n) is 2.61. The highest BCUT2D eigenvalue weighted by molar-refractivity contribution is 5.73. The Morgan fingerprint density at radius 3 is 2.55 bits per heavy atom. The van der Waals surface area contributed by atoms with E-state index in [1.54, 1.807) is 0 Å². The lowest BCUT2D eigenvalue weighted by Crippen LogP contribution is -2.42. The first-order valence-corrected chi connectivity index (χ1v) is 7.23. The molecule has 0 aromatic heterocycles. The molecule has 2 amide bonds. The third-order valence-corrected chi connectivity index (χ3v) is 3.62. The van der Waals surface area contributed by atoms with E-state index in [1.165, 1.54) is 18.4 Å². The zero-order valence-electron chi connectivity index (χ0n) is 11.7. The number of urea groups is 1. The van der Waals surface area contributed by atoms with Gasteiger partial charge in [-0.2, -0.15) is 0 Å². The molecule has 1 atom stereocenters. The van der Waals surface area contributed by atoms with Gasteiger partial charge in [0.25, 0.3) is 0 Å². The Bertz CT molecular complexity index is 405. The van der Waals surface area contributed by atoms with Crippen molar-refractivity contribution in [1.29, 1.82) is 0 Å². The first-order valence-electron chi connectivity index (χ1n) is 7.23. The minimum absolute atomic E-state index is 0.0400. The van der Waals surface area contributed by atoms with Crippen LogP contribution in [-0.2, 0) is 0 Å². The van der Waals surface area contributed by atoms with Gasteiger partial charge in [0.1, 0.15) is 0 Å². The Morgan fingerprint density at radius 1 is 1.20 bits per heavy atom. The van der Waals surface area contributed by atoms with E-state index in [0.29, 0.717) is 6.54 Å². The van der Waals surface area contributed by atoms with E-state index >= 15 is 0 Å². The Labute approximate surface area is 120 Å².